The molecule has 1 aliphatic carbocycles. The number of fused-ring (bicyclic) bond motifs is 1. The molecule has 0 radical (unpaired) electrons. The molecule has 0 unspecified atom stereocenters. The second-order valence-electron chi connectivity index (χ2n) is 6.80. The first kappa shape index (κ1) is 16.6. The van der Waals surface area contributed by atoms with Crippen LogP contribution in [0.3, 0.4) is 0 Å². The van der Waals surface area contributed by atoms with Crippen LogP contribution in [0.5, 0.6) is 0 Å². The molecule has 1 N–H and O–H groups in total. The van der Waals surface area contributed by atoms with Crippen molar-refractivity contribution in [3.05, 3.63) is 46.8 Å². The van der Waals surface area contributed by atoms with Crippen LogP contribution in [0.25, 0.3) is 0 Å². The van der Waals surface area contributed by atoms with E-state index < -0.39 is 10.0 Å². The summed E-state index contributed by atoms with van der Waals surface area (Å²) < 4.78 is 30.9. The predicted octanol–water partition coefficient (Wildman–Crippen LogP) is 2.70. The van der Waals surface area contributed by atoms with Crippen molar-refractivity contribution in [2.24, 2.45) is 0 Å². The highest BCUT2D eigenvalue weighted by Crippen LogP contribution is 2.25. The van der Waals surface area contributed by atoms with E-state index in [2.05, 4.69) is 10.5 Å². The summed E-state index contributed by atoms with van der Waals surface area (Å²) >= 11 is 0. The Kier molecular flexibility index (Phi) is 4.52. The molecule has 1 aromatic carbocycles. The minimum atomic E-state index is -3.07. The lowest BCUT2D eigenvalue weighted by Gasteiger charge is -2.15. The third-order valence-electron chi connectivity index (χ3n) is 4.98. The topological polar surface area (TPSA) is 75.4 Å². The highest BCUT2D eigenvalue weighted by Gasteiger charge is 2.28. The maximum atomic E-state index is 12.0. The summed E-state index contributed by atoms with van der Waals surface area (Å²) in [7, 11) is -3.07. The first-order valence-corrected chi connectivity index (χ1v) is 10.5. The molecule has 0 saturated carbocycles. The molecule has 2 heterocycles. The number of anilines is 1. The molecule has 2 aliphatic rings. The molecule has 7 heteroatoms. The average Bonchev–Trinajstić information content (AvgIpc) is 3.17. The molecule has 1 aliphatic heterocycles. The number of aromatic nitrogens is 1. The van der Waals surface area contributed by atoms with Crippen LogP contribution in [0.1, 0.15) is 41.8 Å². The zero-order chi connectivity index (χ0) is 17.3. The molecule has 25 heavy (non-hydrogen) atoms. The molecule has 6 nitrogen and oxygen atoms in total. The van der Waals surface area contributed by atoms with Gasteiger partial charge in [-0.2, -0.15) is 4.31 Å². The summed E-state index contributed by atoms with van der Waals surface area (Å²) in [5, 5.41) is 7.61. The number of aryl methyl sites for hydroxylation is 1. The molecule has 134 valence electrons. The third-order valence-corrected chi connectivity index (χ3v) is 6.88. The van der Waals surface area contributed by atoms with Crippen molar-refractivity contribution in [2.45, 2.75) is 45.2 Å². The maximum absolute atomic E-state index is 12.0. The maximum Gasteiger partial charge on any atom is 0.214 e. The van der Waals surface area contributed by atoms with Crippen molar-refractivity contribution in [3.8, 4) is 0 Å². The van der Waals surface area contributed by atoms with Gasteiger partial charge in [-0.3, -0.25) is 0 Å². The molecule has 1 fully saturated rings. The standard InChI is InChI=1S/C18H23N3O3S/c22-25(23)10-4-9-21(25)13-14-5-3-6-15(11-14)19-12-17-16-7-1-2-8-18(16)24-20-17/h3,5-6,11,19H,1-2,4,7-10,12-13H2. The first-order valence-electron chi connectivity index (χ1n) is 8.89. The van der Waals surface area contributed by atoms with E-state index in [-0.39, 0.29) is 5.75 Å². The van der Waals surface area contributed by atoms with Gasteiger partial charge in [-0.25, -0.2) is 8.42 Å². The lowest BCUT2D eigenvalue weighted by Crippen LogP contribution is -2.25. The van der Waals surface area contributed by atoms with Crippen molar-refractivity contribution in [1.82, 2.24) is 9.46 Å². The molecule has 2 aromatic rings. The van der Waals surface area contributed by atoms with Gasteiger partial charge >= 0.3 is 0 Å². The summed E-state index contributed by atoms with van der Waals surface area (Å²) in [6.45, 7) is 1.69. The van der Waals surface area contributed by atoms with Crippen molar-refractivity contribution >= 4 is 15.7 Å². The van der Waals surface area contributed by atoms with Crippen LogP contribution in [-0.4, -0.2) is 30.2 Å². The Balaban J connectivity index is 1.42. The van der Waals surface area contributed by atoms with Crippen LogP contribution >= 0.6 is 0 Å². The Bertz CT molecular complexity index is 860. The van der Waals surface area contributed by atoms with Gasteiger partial charge in [-0.1, -0.05) is 17.3 Å². The fourth-order valence-electron chi connectivity index (χ4n) is 3.63. The Labute approximate surface area is 148 Å². The van der Waals surface area contributed by atoms with Crippen LogP contribution in [0, 0.1) is 0 Å². The van der Waals surface area contributed by atoms with Gasteiger partial charge in [0.1, 0.15) is 11.5 Å². The number of hydrogen-bond donors (Lipinski definition) is 1. The highest BCUT2D eigenvalue weighted by molar-refractivity contribution is 7.89. The number of rotatable bonds is 5. The number of sulfonamides is 1. The zero-order valence-corrected chi connectivity index (χ0v) is 15.0. The largest absolute Gasteiger partial charge is 0.379 e. The van der Waals surface area contributed by atoms with E-state index >= 15 is 0 Å². The number of nitrogens with zero attached hydrogens (tertiary/aromatic N) is 2. The smallest absolute Gasteiger partial charge is 0.214 e. The van der Waals surface area contributed by atoms with Gasteiger partial charge in [0.2, 0.25) is 10.0 Å². The van der Waals surface area contributed by atoms with E-state index in [1.807, 2.05) is 24.3 Å². The van der Waals surface area contributed by atoms with Gasteiger partial charge in [0.05, 0.1) is 12.3 Å². The summed E-state index contributed by atoms with van der Waals surface area (Å²) in [5.41, 5.74) is 4.22. The average molecular weight is 361 g/mol. The van der Waals surface area contributed by atoms with Gasteiger partial charge in [0.15, 0.2) is 0 Å². The van der Waals surface area contributed by atoms with Crippen LogP contribution in [0.15, 0.2) is 28.8 Å². The molecular formula is C18H23N3O3S. The Morgan fingerprint density at radius 1 is 1.20 bits per heavy atom. The predicted molar refractivity (Wildman–Crippen MR) is 95.7 cm³/mol. The quantitative estimate of drug-likeness (QED) is 0.886. The Morgan fingerprint density at radius 2 is 2.08 bits per heavy atom. The van der Waals surface area contributed by atoms with Gasteiger partial charge in [0, 0.05) is 30.8 Å². The third kappa shape index (κ3) is 3.57. The van der Waals surface area contributed by atoms with Gasteiger partial charge in [-0.15, -0.1) is 0 Å². The molecule has 0 amide bonds. The van der Waals surface area contributed by atoms with Gasteiger partial charge < -0.3 is 9.84 Å². The fraction of sp³-hybridized carbons (Fsp3) is 0.500. The monoisotopic (exact) mass is 361 g/mol. The van der Waals surface area contributed by atoms with Gasteiger partial charge in [0.25, 0.3) is 0 Å². The van der Waals surface area contributed by atoms with Crippen molar-refractivity contribution in [1.29, 1.82) is 0 Å². The number of hydrogen-bond acceptors (Lipinski definition) is 5. The lowest BCUT2D eigenvalue weighted by molar-refractivity contribution is 0.368. The van der Waals surface area contributed by atoms with Crippen LogP contribution in [0.2, 0.25) is 0 Å². The second kappa shape index (κ2) is 6.80. The first-order chi connectivity index (χ1) is 12.1. The normalized spacial score (nSPS) is 19.7. The SMILES string of the molecule is O=S1(=O)CCCN1Cc1cccc(NCc2noc3c2CCCC3)c1. The van der Waals surface area contributed by atoms with Gasteiger partial charge in [-0.05, 0) is 43.4 Å². The van der Waals surface area contributed by atoms with E-state index in [1.165, 1.54) is 18.4 Å². The summed E-state index contributed by atoms with van der Waals surface area (Å²) in [5.74, 6) is 1.30. The molecule has 1 saturated heterocycles. The molecular weight excluding hydrogens is 338 g/mol. The molecule has 0 bridgehead atoms. The lowest BCUT2D eigenvalue weighted by atomic mass is 9.96. The number of nitrogens with one attached hydrogen (secondary N) is 1. The second-order valence-corrected chi connectivity index (χ2v) is 8.88. The Morgan fingerprint density at radius 3 is 2.92 bits per heavy atom. The van der Waals surface area contributed by atoms with Crippen LogP contribution in [-0.2, 0) is 36.0 Å². The van der Waals surface area contributed by atoms with E-state index in [0.29, 0.717) is 19.6 Å². The van der Waals surface area contributed by atoms with E-state index in [9.17, 15) is 8.42 Å². The number of benzene rings is 1. The van der Waals surface area contributed by atoms with Crippen LogP contribution in [0.4, 0.5) is 5.69 Å². The highest BCUT2D eigenvalue weighted by atomic mass is 32.2. The molecule has 0 atom stereocenters. The van der Waals surface area contributed by atoms with Crippen molar-refractivity contribution in [2.75, 3.05) is 17.6 Å². The summed E-state index contributed by atoms with van der Waals surface area (Å²) in [6.07, 6.45) is 5.12. The van der Waals surface area contributed by atoms with Crippen molar-refractivity contribution in [3.63, 3.8) is 0 Å². The van der Waals surface area contributed by atoms with Crippen molar-refractivity contribution < 1.29 is 12.9 Å². The molecule has 4 rings (SSSR count). The fourth-order valence-corrected chi connectivity index (χ4v) is 5.13. The van der Waals surface area contributed by atoms with Crippen LogP contribution < -0.4 is 5.32 Å². The minimum Gasteiger partial charge on any atom is -0.379 e. The summed E-state index contributed by atoms with van der Waals surface area (Å²) in [4.78, 5) is 0. The molecule has 1 aromatic heterocycles. The zero-order valence-electron chi connectivity index (χ0n) is 14.2. The van der Waals surface area contributed by atoms with E-state index in [4.69, 9.17) is 4.52 Å². The Hall–Kier alpha value is -1.86. The minimum absolute atomic E-state index is 0.266. The van der Waals surface area contributed by atoms with E-state index in [0.717, 1.165) is 42.0 Å². The van der Waals surface area contributed by atoms with E-state index in [1.54, 1.807) is 4.31 Å². The molecule has 0 spiro atoms. The summed E-state index contributed by atoms with van der Waals surface area (Å²) in [6, 6.07) is 7.94.